The summed E-state index contributed by atoms with van der Waals surface area (Å²) in [5.41, 5.74) is 1.74. The van der Waals surface area contributed by atoms with Crippen molar-refractivity contribution in [1.29, 1.82) is 0 Å². The van der Waals surface area contributed by atoms with Crippen LogP contribution in [-0.2, 0) is 0 Å². The molecule has 0 atom stereocenters. The molecule has 0 amide bonds. The van der Waals surface area contributed by atoms with Crippen LogP contribution in [0.2, 0.25) is 0 Å². The first-order valence-corrected chi connectivity index (χ1v) is 5.34. The molecule has 0 aliphatic rings. The lowest BCUT2D eigenvalue weighted by Crippen LogP contribution is -2.02. The van der Waals surface area contributed by atoms with Gasteiger partial charge in [0.05, 0.1) is 5.56 Å². The molecule has 2 heteroatoms. The van der Waals surface area contributed by atoms with Crippen LogP contribution in [0.4, 0.5) is 0 Å². The maximum Gasteiger partial charge on any atom is 0.344 e. The second-order valence-corrected chi connectivity index (χ2v) is 3.77. The van der Waals surface area contributed by atoms with E-state index >= 15 is 0 Å². The molecule has 3 rings (SSSR count). The summed E-state index contributed by atoms with van der Waals surface area (Å²) in [6.45, 7) is 0. The highest BCUT2D eigenvalue weighted by Gasteiger charge is 2.06. The molecule has 0 saturated carbocycles. The monoisotopic (exact) mass is 221 g/mol. The summed E-state index contributed by atoms with van der Waals surface area (Å²) in [5, 5.41) is 0.926. The molecule has 2 aromatic carbocycles. The first kappa shape index (κ1) is 9.85. The van der Waals surface area contributed by atoms with E-state index in [-0.39, 0.29) is 5.63 Å². The van der Waals surface area contributed by atoms with Crippen LogP contribution in [0.25, 0.3) is 22.1 Å². The number of para-hydroxylation sites is 1. The molecule has 0 aliphatic carbocycles. The molecule has 1 aromatic heterocycles. The first-order valence-electron chi connectivity index (χ1n) is 5.34. The summed E-state index contributed by atoms with van der Waals surface area (Å²) in [6, 6.07) is 19.5. The fourth-order valence-corrected chi connectivity index (χ4v) is 1.83. The van der Waals surface area contributed by atoms with Crippen molar-refractivity contribution in [3.63, 3.8) is 0 Å². The summed E-state index contributed by atoms with van der Waals surface area (Å²) in [4.78, 5) is 11.9. The number of rotatable bonds is 1. The van der Waals surface area contributed by atoms with Crippen molar-refractivity contribution < 1.29 is 4.42 Å². The summed E-state index contributed by atoms with van der Waals surface area (Å²) in [5.74, 6) is 0. The van der Waals surface area contributed by atoms with Gasteiger partial charge in [-0.15, -0.1) is 0 Å². The van der Waals surface area contributed by atoms with Crippen LogP contribution in [0.5, 0.6) is 0 Å². The highest BCUT2D eigenvalue weighted by molar-refractivity contribution is 5.81. The predicted octanol–water partition coefficient (Wildman–Crippen LogP) is 3.26. The third kappa shape index (κ3) is 1.74. The fraction of sp³-hybridized carbons (Fsp3) is 0. The minimum Gasteiger partial charge on any atom is -0.422 e. The Morgan fingerprint density at radius 3 is 2.59 bits per heavy atom. The van der Waals surface area contributed by atoms with Gasteiger partial charge < -0.3 is 4.42 Å². The van der Waals surface area contributed by atoms with Gasteiger partial charge in [-0.1, -0.05) is 42.5 Å². The van der Waals surface area contributed by atoms with Crippen molar-refractivity contribution in [2.45, 2.75) is 0 Å². The van der Waals surface area contributed by atoms with Crippen LogP contribution in [0.15, 0.2) is 63.8 Å². The van der Waals surface area contributed by atoms with Gasteiger partial charge in [0, 0.05) is 5.39 Å². The molecular weight excluding hydrogens is 212 g/mol. The summed E-state index contributed by atoms with van der Waals surface area (Å²) in [6.07, 6.45) is 0. The highest BCUT2D eigenvalue weighted by Crippen LogP contribution is 2.20. The Morgan fingerprint density at radius 2 is 1.76 bits per heavy atom. The molecule has 0 spiro atoms. The van der Waals surface area contributed by atoms with E-state index in [0.717, 1.165) is 10.9 Å². The summed E-state index contributed by atoms with van der Waals surface area (Å²) >= 11 is 0. The van der Waals surface area contributed by atoms with E-state index in [1.807, 2.05) is 36.4 Å². The molecule has 2 nitrogen and oxygen atoms in total. The topological polar surface area (TPSA) is 30.2 Å². The van der Waals surface area contributed by atoms with E-state index < -0.39 is 0 Å². The maximum absolute atomic E-state index is 11.9. The quantitative estimate of drug-likeness (QED) is 0.590. The van der Waals surface area contributed by atoms with Crippen molar-refractivity contribution in [2.24, 2.45) is 0 Å². The maximum atomic E-state index is 11.9. The van der Waals surface area contributed by atoms with E-state index in [1.165, 1.54) is 0 Å². The molecule has 0 N–H and O–H groups in total. The first-order chi connectivity index (χ1) is 8.34. The molecule has 3 aromatic rings. The van der Waals surface area contributed by atoms with Gasteiger partial charge in [0.2, 0.25) is 0 Å². The Labute approximate surface area is 98.1 Å². The Balaban J connectivity index is 2.31. The summed E-state index contributed by atoms with van der Waals surface area (Å²) in [7, 11) is 0. The van der Waals surface area contributed by atoms with Crippen LogP contribution < -0.4 is 5.63 Å². The van der Waals surface area contributed by atoms with E-state index in [4.69, 9.17) is 4.42 Å². The van der Waals surface area contributed by atoms with Gasteiger partial charge in [0.1, 0.15) is 5.58 Å². The van der Waals surface area contributed by atoms with E-state index in [2.05, 4.69) is 6.07 Å². The molecule has 0 saturated heterocycles. The number of benzene rings is 2. The van der Waals surface area contributed by atoms with Gasteiger partial charge >= 0.3 is 5.63 Å². The van der Waals surface area contributed by atoms with Crippen molar-refractivity contribution in [2.75, 3.05) is 0 Å². The largest absolute Gasteiger partial charge is 0.422 e. The molecular formula is C15H9O2. The number of hydrogen-bond acceptors (Lipinski definition) is 2. The lowest BCUT2D eigenvalue weighted by atomic mass is 10.1. The van der Waals surface area contributed by atoms with Crippen LogP contribution in [0.3, 0.4) is 0 Å². The molecule has 81 valence electrons. The van der Waals surface area contributed by atoms with Gasteiger partial charge in [-0.05, 0) is 23.8 Å². The Kier molecular flexibility index (Phi) is 2.26. The minimum atomic E-state index is -0.310. The second kappa shape index (κ2) is 3.91. The van der Waals surface area contributed by atoms with Crippen molar-refractivity contribution in [1.82, 2.24) is 0 Å². The molecule has 0 aliphatic heterocycles. The zero-order chi connectivity index (χ0) is 11.7. The van der Waals surface area contributed by atoms with Crippen LogP contribution in [-0.4, -0.2) is 0 Å². The standard InChI is InChI=1S/C15H9O2/c16-15-13(11-6-2-1-3-7-11)10-12-8-4-5-9-14(12)17-15/h2-10H. The van der Waals surface area contributed by atoms with Gasteiger partial charge in [-0.25, -0.2) is 4.79 Å². The Hall–Kier alpha value is -2.35. The zero-order valence-electron chi connectivity index (χ0n) is 9.01. The number of hydrogen-bond donors (Lipinski definition) is 0. The molecule has 0 bridgehead atoms. The van der Waals surface area contributed by atoms with Crippen LogP contribution in [0, 0.1) is 6.07 Å². The van der Waals surface area contributed by atoms with E-state index in [1.54, 1.807) is 18.2 Å². The lowest BCUT2D eigenvalue weighted by molar-refractivity contribution is 0.563. The van der Waals surface area contributed by atoms with Crippen LogP contribution in [0.1, 0.15) is 0 Å². The highest BCUT2D eigenvalue weighted by atomic mass is 16.4. The van der Waals surface area contributed by atoms with E-state index in [9.17, 15) is 4.79 Å². The second-order valence-electron chi connectivity index (χ2n) is 3.77. The Bertz CT molecular complexity index is 712. The van der Waals surface area contributed by atoms with E-state index in [0.29, 0.717) is 11.1 Å². The van der Waals surface area contributed by atoms with Crippen LogP contribution >= 0.6 is 0 Å². The lowest BCUT2D eigenvalue weighted by Gasteiger charge is -2.01. The van der Waals surface area contributed by atoms with Gasteiger partial charge in [-0.2, -0.15) is 0 Å². The smallest absolute Gasteiger partial charge is 0.344 e. The molecule has 0 unspecified atom stereocenters. The summed E-state index contributed by atoms with van der Waals surface area (Å²) < 4.78 is 5.28. The fourth-order valence-electron chi connectivity index (χ4n) is 1.83. The average molecular weight is 221 g/mol. The molecule has 1 heterocycles. The normalized spacial score (nSPS) is 10.6. The van der Waals surface area contributed by atoms with Gasteiger partial charge in [0.25, 0.3) is 0 Å². The van der Waals surface area contributed by atoms with Gasteiger partial charge in [-0.3, -0.25) is 0 Å². The minimum absolute atomic E-state index is 0.310. The van der Waals surface area contributed by atoms with Crippen molar-refractivity contribution in [3.8, 4) is 11.1 Å². The zero-order valence-corrected chi connectivity index (χ0v) is 9.01. The average Bonchev–Trinajstić information content (AvgIpc) is 2.39. The van der Waals surface area contributed by atoms with Gasteiger partial charge in [0.15, 0.2) is 0 Å². The third-order valence-corrected chi connectivity index (χ3v) is 2.67. The predicted molar refractivity (Wildman–Crippen MR) is 66.8 cm³/mol. The number of fused-ring (bicyclic) bond motifs is 1. The molecule has 17 heavy (non-hydrogen) atoms. The Morgan fingerprint density at radius 1 is 1.00 bits per heavy atom. The van der Waals surface area contributed by atoms with Crippen molar-refractivity contribution in [3.05, 3.63) is 71.1 Å². The third-order valence-electron chi connectivity index (χ3n) is 2.67. The molecule has 1 radical (unpaired) electrons. The molecule has 0 fully saturated rings. The SMILES string of the molecule is O=c1oc2ccccc2cc1-c1cc[c]cc1. The van der Waals surface area contributed by atoms with Crippen molar-refractivity contribution >= 4 is 11.0 Å².